The SMILES string of the molecule is Cc1nc(-c2ccnc(Cl)c2F)ccc1OCC(C)(CC(C)C)NC(=O)O. The van der Waals surface area contributed by atoms with Crippen molar-refractivity contribution in [3.8, 4) is 17.0 Å². The maximum atomic E-state index is 14.1. The number of rotatable bonds is 7. The molecule has 0 saturated heterocycles. The first-order chi connectivity index (χ1) is 12.6. The molecular weight excluding hydrogens is 373 g/mol. The van der Waals surface area contributed by atoms with Gasteiger partial charge in [0.2, 0.25) is 0 Å². The predicted molar refractivity (Wildman–Crippen MR) is 102 cm³/mol. The third-order valence-corrected chi connectivity index (χ3v) is 4.24. The molecule has 1 unspecified atom stereocenters. The summed E-state index contributed by atoms with van der Waals surface area (Å²) in [7, 11) is 0. The van der Waals surface area contributed by atoms with Crippen molar-refractivity contribution in [1.82, 2.24) is 15.3 Å². The van der Waals surface area contributed by atoms with E-state index in [0.717, 1.165) is 0 Å². The summed E-state index contributed by atoms with van der Waals surface area (Å²) in [6, 6.07) is 4.81. The van der Waals surface area contributed by atoms with Gasteiger partial charge in [-0.1, -0.05) is 25.4 Å². The van der Waals surface area contributed by atoms with Crippen molar-refractivity contribution in [2.75, 3.05) is 6.61 Å². The van der Waals surface area contributed by atoms with Gasteiger partial charge in [0.05, 0.1) is 16.9 Å². The summed E-state index contributed by atoms with van der Waals surface area (Å²) in [5, 5.41) is 11.4. The number of halogens is 2. The molecule has 2 rings (SSSR count). The summed E-state index contributed by atoms with van der Waals surface area (Å²) in [5.41, 5.74) is 0.481. The third-order valence-electron chi connectivity index (χ3n) is 3.97. The number of nitrogens with one attached hydrogen (secondary N) is 1. The number of aromatic nitrogens is 2. The number of hydrogen-bond acceptors (Lipinski definition) is 4. The molecule has 2 aromatic rings. The molecule has 1 atom stereocenters. The van der Waals surface area contributed by atoms with E-state index in [9.17, 15) is 9.18 Å². The molecule has 8 heteroatoms. The Morgan fingerprint density at radius 3 is 2.70 bits per heavy atom. The van der Waals surface area contributed by atoms with Gasteiger partial charge in [0.1, 0.15) is 12.4 Å². The van der Waals surface area contributed by atoms with Gasteiger partial charge < -0.3 is 15.2 Å². The van der Waals surface area contributed by atoms with Crippen molar-refractivity contribution >= 4 is 17.7 Å². The number of pyridine rings is 2. The van der Waals surface area contributed by atoms with E-state index < -0.39 is 17.4 Å². The van der Waals surface area contributed by atoms with Crippen LogP contribution >= 0.6 is 11.6 Å². The molecule has 1 amide bonds. The zero-order chi connectivity index (χ0) is 20.2. The second kappa shape index (κ2) is 8.52. The summed E-state index contributed by atoms with van der Waals surface area (Å²) in [4.78, 5) is 19.2. The van der Waals surface area contributed by atoms with Crippen LogP contribution in [0.4, 0.5) is 9.18 Å². The van der Waals surface area contributed by atoms with Gasteiger partial charge in [-0.25, -0.2) is 19.2 Å². The molecule has 0 aromatic carbocycles. The monoisotopic (exact) mass is 395 g/mol. The Hall–Kier alpha value is -2.41. The molecule has 6 nitrogen and oxygen atoms in total. The molecule has 2 aromatic heterocycles. The molecule has 0 aliphatic carbocycles. The van der Waals surface area contributed by atoms with Crippen LogP contribution in [0.5, 0.6) is 5.75 Å². The molecule has 2 heterocycles. The predicted octanol–water partition coefficient (Wildman–Crippen LogP) is 4.70. The van der Waals surface area contributed by atoms with Crippen molar-refractivity contribution < 1.29 is 19.0 Å². The Morgan fingerprint density at radius 2 is 2.11 bits per heavy atom. The summed E-state index contributed by atoms with van der Waals surface area (Å²) in [6.45, 7) is 7.71. The van der Waals surface area contributed by atoms with Crippen molar-refractivity contribution in [3.63, 3.8) is 0 Å². The smallest absolute Gasteiger partial charge is 0.405 e. The first-order valence-electron chi connectivity index (χ1n) is 8.53. The van der Waals surface area contributed by atoms with Gasteiger partial charge in [-0.3, -0.25) is 0 Å². The minimum atomic E-state index is -1.10. The van der Waals surface area contributed by atoms with Crippen LogP contribution in [0.1, 0.15) is 32.9 Å². The maximum Gasteiger partial charge on any atom is 0.405 e. The van der Waals surface area contributed by atoms with E-state index in [2.05, 4.69) is 15.3 Å². The Labute approximate surface area is 162 Å². The largest absolute Gasteiger partial charge is 0.489 e. The summed E-state index contributed by atoms with van der Waals surface area (Å²) in [5.74, 6) is 0.155. The first kappa shape index (κ1) is 20.9. The van der Waals surface area contributed by atoms with Crippen LogP contribution in [0.3, 0.4) is 0 Å². The number of aryl methyl sites for hydroxylation is 1. The number of ether oxygens (including phenoxy) is 1. The Kier molecular flexibility index (Phi) is 6.59. The number of nitrogens with zero attached hydrogens (tertiary/aromatic N) is 2. The third kappa shape index (κ3) is 5.53. The van der Waals surface area contributed by atoms with E-state index in [1.807, 2.05) is 13.8 Å². The lowest BCUT2D eigenvalue weighted by atomic mass is 9.91. The van der Waals surface area contributed by atoms with Crippen LogP contribution in [-0.4, -0.2) is 33.3 Å². The van der Waals surface area contributed by atoms with Crippen molar-refractivity contribution in [2.45, 2.75) is 39.7 Å². The zero-order valence-corrected chi connectivity index (χ0v) is 16.5. The quantitative estimate of drug-likeness (QED) is 0.664. The Balaban J connectivity index is 2.20. The van der Waals surface area contributed by atoms with Crippen LogP contribution < -0.4 is 10.1 Å². The molecule has 0 saturated carbocycles. The highest BCUT2D eigenvalue weighted by Gasteiger charge is 2.29. The van der Waals surface area contributed by atoms with Crippen molar-refractivity contribution in [3.05, 3.63) is 41.1 Å². The fourth-order valence-corrected chi connectivity index (χ4v) is 3.17. The van der Waals surface area contributed by atoms with E-state index in [0.29, 0.717) is 23.6 Å². The van der Waals surface area contributed by atoms with Crippen LogP contribution in [-0.2, 0) is 0 Å². The van der Waals surface area contributed by atoms with Crippen LogP contribution in [0.15, 0.2) is 24.4 Å². The second-order valence-electron chi connectivity index (χ2n) is 7.12. The van der Waals surface area contributed by atoms with Gasteiger partial charge in [0.25, 0.3) is 0 Å². The van der Waals surface area contributed by atoms with Gasteiger partial charge in [-0.15, -0.1) is 0 Å². The lowest BCUT2D eigenvalue weighted by Crippen LogP contribution is -2.50. The van der Waals surface area contributed by atoms with Crippen LogP contribution in [0.25, 0.3) is 11.3 Å². The minimum absolute atomic E-state index is 0.148. The maximum absolute atomic E-state index is 14.1. The highest BCUT2D eigenvalue weighted by molar-refractivity contribution is 6.29. The van der Waals surface area contributed by atoms with E-state index >= 15 is 0 Å². The number of hydrogen-bond donors (Lipinski definition) is 2. The summed E-state index contributed by atoms with van der Waals surface area (Å²) in [6.07, 6.45) is 0.929. The standard InChI is InChI=1S/C19H23ClFN3O3/c1-11(2)9-19(4,24-18(25)26)10-27-15-6-5-14(23-12(15)3)13-7-8-22-17(20)16(13)21/h5-8,11,24H,9-10H2,1-4H3,(H,25,26). The minimum Gasteiger partial charge on any atom is -0.489 e. The molecule has 0 aliphatic heterocycles. The average Bonchev–Trinajstić information content (AvgIpc) is 2.54. The van der Waals surface area contributed by atoms with E-state index in [4.69, 9.17) is 21.4 Å². The van der Waals surface area contributed by atoms with Gasteiger partial charge in [-0.05, 0) is 44.4 Å². The molecule has 2 N–H and O–H groups in total. The number of carbonyl (C=O) groups is 1. The fraction of sp³-hybridized carbons (Fsp3) is 0.421. The fourth-order valence-electron chi connectivity index (χ4n) is 3.01. The summed E-state index contributed by atoms with van der Waals surface area (Å²) < 4.78 is 20.0. The highest BCUT2D eigenvalue weighted by atomic mass is 35.5. The van der Waals surface area contributed by atoms with E-state index in [1.165, 1.54) is 12.3 Å². The molecule has 0 aliphatic rings. The molecule has 0 bridgehead atoms. The average molecular weight is 396 g/mol. The topological polar surface area (TPSA) is 84.3 Å². The van der Waals surface area contributed by atoms with Gasteiger partial charge in [0.15, 0.2) is 11.0 Å². The lowest BCUT2D eigenvalue weighted by Gasteiger charge is -2.31. The van der Waals surface area contributed by atoms with Crippen LogP contribution in [0, 0.1) is 18.7 Å². The highest BCUT2D eigenvalue weighted by Crippen LogP contribution is 2.28. The van der Waals surface area contributed by atoms with E-state index in [1.54, 1.807) is 26.0 Å². The van der Waals surface area contributed by atoms with Gasteiger partial charge in [-0.2, -0.15) is 0 Å². The second-order valence-corrected chi connectivity index (χ2v) is 7.48. The number of carboxylic acid groups (broad SMARTS) is 1. The lowest BCUT2D eigenvalue weighted by molar-refractivity contribution is 0.142. The van der Waals surface area contributed by atoms with Gasteiger partial charge in [0, 0.05) is 11.8 Å². The zero-order valence-electron chi connectivity index (χ0n) is 15.7. The normalized spacial score (nSPS) is 13.3. The van der Waals surface area contributed by atoms with Crippen molar-refractivity contribution in [2.24, 2.45) is 5.92 Å². The van der Waals surface area contributed by atoms with Crippen LogP contribution in [0.2, 0.25) is 5.15 Å². The first-order valence-corrected chi connectivity index (χ1v) is 8.91. The van der Waals surface area contributed by atoms with E-state index in [-0.39, 0.29) is 23.2 Å². The Bertz CT molecular complexity index is 832. The molecular formula is C19H23ClFN3O3. The molecule has 146 valence electrons. The Morgan fingerprint density at radius 1 is 1.41 bits per heavy atom. The van der Waals surface area contributed by atoms with Gasteiger partial charge >= 0.3 is 6.09 Å². The molecule has 27 heavy (non-hydrogen) atoms. The molecule has 0 fully saturated rings. The van der Waals surface area contributed by atoms with Crippen molar-refractivity contribution in [1.29, 1.82) is 0 Å². The number of amides is 1. The molecule has 0 spiro atoms. The summed E-state index contributed by atoms with van der Waals surface area (Å²) >= 11 is 5.72. The molecule has 0 radical (unpaired) electrons.